The van der Waals surface area contributed by atoms with Gasteiger partial charge in [0.15, 0.2) is 0 Å². The second-order valence-electron chi connectivity index (χ2n) is 4.71. The van der Waals surface area contributed by atoms with Gasteiger partial charge in [-0.1, -0.05) is 30.3 Å². The lowest BCUT2D eigenvalue weighted by molar-refractivity contribution is 0.644. The number of anilines is 1. The molecule has 2 aromatic heterocycles. The van der Waals surface area contributed by atoms with Gasteiger partial charge in [-0.25, -0.2) is 9.97 Å². The number of pyridine rings is 1. The summed E-state index contributed by atoms with van der Waals surface area (Å²) in [5.41, 5.74) is 9.09. The van der Waals surface area contributed by atoms with Gasteiger partial charge < -0.3 is 10.3 Å². The van der Waals surface area contributed by atoms with Crippen LogP contribution in [-0.2, 0) is 0 Å². The molecule has 100 valence electrons. The molecule has 4 nitrogen and oxygen atoms in total. The predicted molar refractivity (Wildman–Crippen MR) is 80.1 cm³/mol. The number of hydrogen-bond donors (Lipinski definition) is 1. The van der Waals surface area contributed by atoms with E-state index in [2.05, 4.69) is 33.6 Å². The summed E-state index contributed by atoms with van der Waals surface area (Å²) in [7, 11) is 0. The van der Waals surface area contributed by atoms with E-state index in [1.807, 2.05) is 42.9 Å². The van der Waals surface area contributed by atoms with Crippen molar-refractivity contribution in [2.45, 2.75) is 13.0 Å². The van der Waals surface area contributed by atoms with Crippen molar-refractivity contribution in [3.8, 4) is 11.3 Å². The Balaban J connectivity index is 2.05. The number of nitrogens with two attached hydrogens (primary N) is 1. The summed E-state index contributed by atoms with van der Waals surface area (Å²) in [5.74, 6) is 0.523. The molecule has 4 heteroatoms. The van der Waals surface area contributed by atoms with Gasteiger partial charge in [0.2, 0.25) is 0 Å². The van der Waals surface area contributed by atoms with Crippen molar-refractivity contribution in [1.29, 1.82) is 0 Å². The van der Waals surface area contributed by atoms with Crippen LogP contribution in [0.15, 0.2) is 61.2 Å². The van der Waals surface area contributed by atoms with Crippen LogP contribution < -0.4 is 5.73 Å². The van der Waals surface area contributed by atoms with Crippen LogP contribution in [0.1, 0.15) is 18.5 Å². The molecule has 0 saturated heterocycles. The normalized spacial score (nSPS) is 12.2. The van der Waals surface area contributed by atoms with Gasteiger partial charge in [0.25, 0.3) is 0 Å². The summed E-state index contributed by atoms with van der Waals surface area (Å²) in [4.78, 5) is 8.41. The van der Waals surface area contributed by atoms with E-state index in [9.17, 15) is 0 Å². The Bertz CT molecular complexity index is 703. The summed E-state index contributed by atoms with van der Waals surface area (Å²) >= 11 is 0. The molecule has 2 heterocycles. The van der Waals surface area contributed by atoms with Crippen LogP contribution in [0, 0.1) is 0 Å². The zero-order chi connectivity index (χ0) is 13.9. The molecule has 0 bridgehead atoms. The van der Waals surface area contributed by atoms with E-state index in [0.717, 1.165) is 11.3 Å². The topological polar surface area (TPSA) is 56.7 Å². The molecule has 1 aromatic carbocycles. The van der Waals surface area contributed by atoms with Gasteiger partial charge in [-0.05, 0) is 24.6 Å². The Hall–Kier alpha value is -2.62. The predicted octanol–water partition coefficient (Wildman–Crippen LogP) is 3.14. The molecular weight excluding hydrogens is 248 g/mol. The Morgan fingerprint density at radius 1 is 1.10 bits per heavy atom. The molecule has 3 aromatic rings. The van der Waals surface area contributed by atoms with E-state index in [-0.39, 0.29) is 6.04 Å². The maximum atomic E-state index is 5.97. The molecule has 0 fully saturated rings. The molecular formula is C16H16N4. The third-order valence-electron chi connectivity index (χ3n) is 3.48. The van der Waals surface area contributed by atoms with E-state index in [4.69, 9.17) is 5.73 Å². The monoisotopic (exact) mass is 264 g/mol. The van der Waals surface area contributed by atoms with Gasteiger partial charge in [-0.2, -0.15) is 0 Å². The van der Waals surface area contributed by atoms with Crippen LogP contribution in [0.25, 0.3) is 11.3 Å². The first-order valence-corrected chi connectivity index (χ1v) is 6.55. The van der Waals surface area contributed by atoms with Gasteiger partial charge in [0.1, 0.15) is 5.82 Å². The summed E-state index contributed by atoms with van der Waals surface area (Å²) in [6.07, 6.45) is 5.35. The molecule has 0 saturated carbocycles. The average Bonchev–Trinajstić information content (AvgIpc) is 2.97. The van der Waals surface area contributed by atoms with Crippen molar-refractivity contribution >= 4 is 5.82 Å². The van der Waals surface area contributed by atoms with Crippen LogP contribution >= 0.6 is 0 Å². The van der Waals surface area contributed by atoms with E-state index < -0.39 is 0 Å². The fourth-order valence-corrected chi connectivity index (χ4v) is 2.35. The number of nitrogens with zero attached hydrogens (tertiary/aromatic N) is 3. The Labute approximate surface area is 117 Å². The van der Waals surface area contributed by atoms with E-state index in [0.29, 0.717) is 5.82 Å². The third-order valence-corrected chi connectivity index (χ3v) is 3.48. The molecule has 3 rings (SSSR count). The highest BCUT2D eigenvalue weighted by molar-refractivity contribution is 5.70. The molecule has 0 aliphatic heterocycles. The third kappa shape index (κ3) is 2.16. The standard InChI is InChI=1S/C16H16N4/c1-12(13-6-3-2-4-7-13)20-11-18-10-15(20)14-8-5-9-19-16(14)17/h2-12H,1H3,(H2,17,19). The number of hydrogen-bond acceptors (Lipinski definition) is 3. The first-order valence-electron chi connectivity index (χ1n) is 6.55. The second kappa shape index (κ2) is 5.17. The summed E-state index contributed by atoms with van der Waals surface area (Å²) < 4.78 is 2.11. The number of aromatic nitrogens is 3. The Morgan fingerprint density at radius 3 is 2.65 bits per heavy atom. The summed E-state index contributed by atoms with van der Waals surface area (Å²) in [6, 6.07) is 14.4. The van der Waals surface area contributed by atoms with Crippen molar-refractivity contribution in [2.75, 3.05) is 5.73 Å². The summed E-state index contributed by atoms with van der Waals surface area (Å²) in [6.45, 7) is 2.15. The lowest BCUT2D eigenvalue weighted by Gasteiger charge is -2.17. The zero-order valence-corrected chi connectivity index (χ0v) is 11.3. The van der Waals surface area contributed by atoms with Crippen molar-refractivity contribution in [3.63, 3.8) is 0 Å². The average molecular weight is 264 g/mol. The van der Waals surface area contributed by atoms with E-state index >= 15 is 0 Å². The Kier molecular flexibility index (Phi) is 3.21. The minimum Gasteiger partial charge on any atom is -0.383 e. The highest BCUT2D eigenvalue weighted by Gasteiger charge is 2.14. The number of nitrogen functional groups attached to an aromatic ring is 1. The molecule has 0 amide bonds. The second-order valence-corrected chi connectivity index (χ2v) is 4.71. The van der Waals surface area contributed by atoms with Crippen LogP contribution in [0.5, 0.6) is 0 Å². The molecule has 0 spiro atoms. The Morgan fingerprint density at radius 2 is 1.90 bits per heavy atom. The van der Waals surface area contributed by atoms with Crippen LogP contribution in [0.3, 0.4) is 0 Å². The van der Waals surface area contributed by atoms with Gasteiger partial charge in [0, 0.05) is 11.8 Å². The SMILES string of the molecule is CC(c1ccccc1)n1cncc1-c1cccnc1N. The fourth-order valence-electron chi connectivity index (χ4n) is 2.35. The highest BCUT2D eigenvalue weighted by atomic mass is 15.1. The van der Waals surface area contributed by atoms with Crippen molar-refractivity contribution in [2.24, 2.45) is 0 Å². The highest BCUT2D eigenvalue weighted by Crippen LogP contribution is 2.28. The van der Waals surface area contributed by atoms with Crippen LogP contribution in [0.4, 0.5) is 5.82 Å². The summed E-state index contributed by atoms with van der Waals surface area (Å²) in [5, 5.41) is 0. The lowest BCUT2D eigenvalue weighted by atomic mass is 10.1. The maximum Gasteiger partial charge on any atom is 0.132 e. The smallest absolute Gasteiger partial charge is 0.132 e. The van der Waals surface area contributed by atoms with Crippen LogP contribution in [0.2, 0.25) is 0 Å². The van der Waals surface area contributed by atoms with Gasteiger partial charge in [0.05, 0.1) is 24.3 Å². The zero-order valence-electron chi connectivity index (χ0n) is 11.3. The van der Waals surface area contributed by atoms with Crippen LogP contribution in [-0.4, -0.2) is 14.5 Å². The number of benzene rings is 1. The molecule has 20 heavy (non-hydrogen) atoms. The number of rotatable bonds is 3. The first-order chi connectivity index (χ1) is 9.77. The molecule has 0 aliphatic carbocycles. The van der Waals surface area contributed by atoms with E-state index in [1.54, 1.807) is 6.20 Å². The van der Waals surface area contributed by atoms with Crippen molar-refractivity contribution < 1.29 is 0 Å². The first kappa shape index (κ1) is 12.4. The molecule has 2 N–H and O–H groups in total. The molecule has 0 aliphatic rings. The van der Waals surface area contributed by atoms with Gasteiger partial charge in [-0.3, -0.25) is 0 Å². The van der Waals surface area contributed by atoms with Crippen molar-refractivity contribution in [1.82, 2.24) is 14.5 Å². The molecule has 1 atom stereocenters. The quantitative estimate of drug-likeness (QED) is 0.790. The lowest BCUT2D eigenvalue weighted by Crippen LogP contribution is -2.08. The minimum atomic E-state index is 0.188. The maximum absolute atomic E-state index is 5.97. The van der Waals surface area contributed by atoms with Gasteiger partial charge >= 0.3 is 0 Å². The van der Waals surface area contributed by atoms with Gasteiger partial charge in [-0.15, -0.1) is 0 Å². The molecule has 0 radical (unpaired) electrons. The van der Waals surface area contributed by atoms with E-state index in [1.165, 1.54) is 5.56 Å². The largest absolute Gasteiger partial charge is 0.383 e. The molecule has 1 unspecified atom stereocenters. The minimum absolute atomic E-state index is 0.188. The van der Waals surface area contributed by atoms with Crippen molar-refractivity contribution in [3.05, 3.63) is 66.7 Å². The fraction of sp³-hybridized carbons (Fsp3) is 0.125. The number of imidazole rings is 1.